The molecule has 0 fully saturated rings. The van der Waals surface area contributed by atoms with Crippen LogP contribution in [0.15, 0.2) is 48.5 Å². The third kappa shape index (κ3) is 4.31. The van der Waals surface area contributed by atoms with Gasteiger partial charge in [0.1, 0.15) is 0 Å². The average Bonchev–Trinajstić information content (AvgIpc) is 2.48. The number of hydrogen-bond acceptors (Lipinski definition) is 2. The molecule has 2 nitrogen and oxygen atoms in total. The van der Waals surface area contributed by atoms with E-state index in [0.717, 1.165) is 12.0 Å². The molecule has 0 aromatic heterocycles. The van der Waals surface area contributed by atoms with Crippen LogP contribution in [0.2, 0.25) is 5.02 Å². The lowest BCUT2D eigenvalue weighted by atomic mass is 9.90. The highest BCUT2D eigenvalue weighted by atomic mass is 35.5. The zero-order chi connectivity index (χ0) is 15.2. The molecule has 3 heteroatoms. The fraction of sp³-hybridized carbons (Fsp3) is 0.333. The number of benzene rings is 2. The minimum atomic E-state index is -0.490. The summed E-state index contributed by atoms with van der Waals surface area (Å²) in [5.41, 5.74) is 9.26. The van der Waals surface area contributed by atoms with Gasteiger partial charge in [-0.2, -0.15) is 0 Å². The van der Waals surface area contributed by atoms with Crippen LogP contribution in [0.1, 0.15) is 29.0 Å². The zero-order valence-corrected chi connectivity index (χ0v) is 13.1. The summed E-state index contributed by atoms with van der Waals surface area (Å²) in [5.74, 6) is -0.122. The summed E-state index contributed by atoms with van der Waals surface area (Å²) in [4.78, 5) is 0. The molecule has 2 unspecified atom stereocenters. The minimum absolute atomic E-state index is 0.122. The topological polar surface area (TPSA) is 46.2 Å². The molecule has 2 rings (SSSR count). The van der Waals surface area contributed by atoms with Crippen molar-refractivity contribution in [3.05, 3.63) is 70.2 Å². The van der Waals surface area contributed by atoms with Crippen LogP contribution in [-0.2, 0) is 6.42 Å². The molecule has 2 aromatic carbocycles. The number of aryl methyl sites for hydroxylation is 2. The molecule has 0 bridgehead atoms. The van der Waals surface area contributed by atoms with Gasteiger partial charge in [0.15, 0.2) is 0 Å². The van der Waals surface area contributed by atoms with E-state index in [1.807, 2.05) is 30.3 Å². The van der Waals surface area contributed by atoms with Gasteiger partial charge in [-0.15, -0.1) is 0 Å². The molecular formula is C18H22ClNO. The van der Waals surface area contributed by atoms with E-state index in [2.05, 4.69) is 25.1 Å². The van der Waals surface area contributed by atoms with Crippen LogP contribution in [0.4, 0.5) is 0 Å². The van der Waals surface area contributed by atoms with Crippen molar-refractivity contribution in [2.75, 3.05) is 6.54 Å². The number of halogens is 1. The second-order valence-corrected chi connectivity index (χ2v) is 5.87. The average molecular weight is 304 g/mol. The normalized spacial score (nSPS) is 13.9. The molecular weight excluding hydrogens is 282 g/mol. The highest BCUT2D eigenvalue weighted by Gasteiger charge is 2.21. The number of hydrogen-bond donors (Lipinski definition) is 2. The van der Waals surface area contributed by atoms with E-state index in [9.17, 15) is 5.11 Å². The lowest BCUT2D eigenvalue weighted by Crippen LogP contribution is -2.26. The predicted octanol–water partition coefficient (Wildman–Crippen LogP) is 3.68. The maximum absolute atomic E-state index is 10.5. The highest BCUT2D eigenvalue weighted by molar-refractivity contribution is 6.31. The Labute approximate surface area is 131 Å². The zero-order valence-electron chi connectivity index (χ0n) is 12.3. The van der Waals surface area contributed by atoms with E-state index in [1.165, 1.54) is 11.1 Å². The maximum Gasteiger partial charge on any atom is 0.0624 e. The highest BCUT2D eigenvalue weighted by Crippen LogP contribution is 2.28. The largest absolute Gasteiger partial charge is 0.392 e. The van der Waals surface area contributed by atoms with Gasteiger partial charge < -0.3 is 10.8 Å². The molecule has 3 N–H and O–H groups in total. The lowest BCUT2D eigenvalue weighted by molar-refractivity contribution is 0.136. The summed E-state index contributed by atoms with van der Waals surface area (Å²) in [5, 5.41) is 11.1. The van der Waals surface area contributed by atoms with Crippen LogP contribution in [-0.4, -0.2) is 17.8 Å². The summed E-state index contributed by atoms with van der Waals surface area (Å²) in [6.07, 6.45) is 1.02. The van der Waals surface area contributed by atoms with Gasteiger partial charge in [0.05, 0.1) is 6.10 Å². The first-order valence-electron chi connectivity index (χ1n) is 7.30. The van der Waals surface area contributed by atoms with E-state index in [-0.39, 0.29) is 5.92 Å². The summed E-state index contributed by atoms with van der Waals surface area (Å²) >= 11 is 6.21. The molecule has 0 spiro atoms. The van der Waals surface area contributed by atoms with Crippen molar-refractivity contribution < 1.29 is 5.11 Å². The molecule has 2 aromatic rings. The Kier molecular flexibility index (Phi) is 5.80. The predicted molar refractivity (Wildman–Crippen MR) is 88.8 cm³/mol. The Balaban J connectivity index is 2.04. The van der Waals surface area contributed by atoms with Gasteiger partial charge in [0.2, 0.25) is 0 Å². The van der Waals surface area contributed by atoms with Crippen LogP contribution in [0, 0.1) is 6.92 Å². The van der Waals surface area contributed by atoms with Crippen molar-refractivity contribution in [2.24, 2.45) is 5.73 Å². The SMILES string of the molecule is Cc1cccc(CCC(O)C(CN)c2ccccc2Cl)c1. The van der Waals surface area contributed by atoms with Gasteiger partial charge >= 0.3 is 0 Å². The third-order valence-corrected chi connectivity index (χ3v) is 4.18. The van der Waals surface area contributed by atoms with Crippen molar-refractivity contribution in [1.29, 1.82) is 0 Å². The molecule has 0 aliphatic heterocycles. The smallest absolute Gasteiger partial charge is 0.0624 e. The minimum Gasteiger partial charge on any atom is -0.392 e. The molecule has 0 heterocycles. The van der Waals surface area contributed by atoms with E-state index < -0.39 is 6.10 Å². The first-order chi connectivity index (χ1) is 10.1. The maximum atomic E-state index is 10.5. The first-order valence-corrected chi connectivity index (χ1v) is 7.67. The summed E-state index contributed by atoms with van der Waals surface area (Å²) in [6, 6.07) is 16.0. The number of aliphatic hydroxyl groups excluding tert-OH is 1. The van der Waals surface area contributed by atoms with E-state index in [0.29, 0.717) is 18.0 Å². The summed E-state index contributed by atoms with van der Waals surface area (Å²) in [6.45, 7) is 2.46. The number of nitrogens with two attached hydrogens (primary N) is 1. The molecule has 0 saturated heterocycles. The summed E-state index contributed by atoms with van der Waals surface area (Å²) in [7, 11) is 0. The molecule has 0 aliphatic rings. The van der Waals surface area contributed by atoms with Crippen molar-refractivity contribution in [1.82, 2.24) is 0 Å². The van der Waals surface area contributed by atoms with Crippen molar-refractivity contribution in [2.45, 2.75) is 31.8 Å². The van der Waals surface area contributed by atoms with Crippen molar-refractivity contribution in [3.63, 3.8) is 0 Å². The van der Waals surface area contributed by atoms with Gasteiger partial charge in [0, 0.05) is 17.5 Å². The number of aliphatic hydroxyl groups is 1. The Morgan fingerprint density at radius 1 is 1.14 bits per heavy atom. The van der Waals surface area contributed by atoms with Gasteiger partial charge in [0.25, 0.3) is 0 Å². The standard InChI is InChI=1S/C18H22ClNO/c1-13-5-4-6-14(11-13)9-10-18(21)16(12-20)15-7-2-3-8-17(15)19/h2-8,11,16,18,21H,9-10,12,20H2,1H3. The van der Waals surface area contributed by atoms with Crippen LogP contribution in [0.3, 0.4) is 0 Å². The van der Waals surface area contributed by atoms with Crippen molar-refractivity contribution >= 4 is 11.6 Å². The Bertz CT molecular complexity index is 585. The Morgan fingerprint density at radius 3 is 2.57 bits per heavy atom. The summed E-state index contributed by atoms with van der Waals surface area (Å²) < 4.78 is 0. The first kappa shape index (κ1) is 16.0. The quantitative estimate of drug-likeness (QED) is 0.855. The van der Waals surface area contributed by atoms with Gasteiger partial charge in [-0.3, -0.25) is 0 Å². The Hall–Kier alpha value is -1.35. The van der Waals surface area contributed by atoms with E-state index in [4.69, 9.17) is 17.3 Å². The molecule has 0 amide bonds. The van der Waals surface area contributed by atoms with Gasteiger partial charge in [-0.05, 0) is 37.0 Å². The van der Waals surface area contributed by atoms with Crippen molar-refractivity contribution in [3.8, 4) is 0 Å². The van der Waals surface area contributed by atoms with E-state index in [1.54, 1.807) is 0 Å². The molecule has 112 valence electrons. The fourth-order valence-corrected chi connectivity index (χ4v) is 2.93. The second-order valence-electron chi connectivity index (χ2n) is 5.46. The van der Waals surface area contributed by atoms with Crippen LogP contribution >= 0.6 is 11.6 Å². The second kappa shape index (κ2) is 7.60. The molecule has 0 aliphatic carbocycles. The van der Waals surface area contributed by atoms with Crippen LogP contribution in [0.5, 0.6) is 0 Å². The fourth-order valence-electron chi connectivity index (χ4n) is 2.65. The van der Waals surface area contributed by atoms with Crippen LogP contribution < -0.4 is 5.73 Å². The monoisotopic (exact) mass is 303 g/mol. The van der Waals surface area contributed by atoms with Crippen LogP contribution in [0.25, 0.3) is 0 Å². The van der Waals surface area contributed by atoms with E-state index >= 15 is 0 Å². The molecule has 0 radical (unpaired) electrons. The Morgan fingerprint density at radius 2 is 1.90 bits per heavy atom. The lowest BCUT2D eigenvalue weighted by Gasteiger charge is -2.23. The molecule has 0 saturated carbocycles. The molecule has 21 heavy (non-hydrogen) atoms. The van der Waals surface area contributed by atoms with Gasteiger partial charge in [-0.25, -0.2) is 0 Å². The number of rotatable bonds is 6. The third-order valence-electron chi connectivity index (χ3n) is 3.83. The molecule has 2 atom stereocenters. The van der Waals surface area contributed by atoms with Gasteiger partial charge in [-0.1, -0.05) is 59.6 Å².